The summed E-state index contributed by atoms with van der Waals surface area (Å²) in [6.45, 7) is 2.32. The van der Waals surface area contributed by atoms with Crippen molar-refractivity contribution >= 4 is 23.6 Å². The predicted molar refractivity (Wildman–Crippen MR) is 69.3 cm³/mol. The van der Waals surface area contributed by atoms with E-state index in [-0.39, 0.29) is 17.6 Å². The highest BCUT2D eigenvalue weighted by Gasteiger charge is 2.06. The van der Waals surface area contributed by atoms with Crippen molar-refractivity contribution in [2.75, 3.05) is 11.9 Å². The van der Waals surface area contributed by atoms with Crippen LogP contribution in [0.4, 0.5) is 10.5 Å². The molecule has 1 aromatic carbocycles. The molecule has 0 bridgehead atoms. The Labute approximate surface area is 104 Å². The van der Waals surface area contributed by atoms with Gasteiger partial charge in [-0.3, -0.25) is 4.79 Å². The fourth-order valence-electron chi connectivity index (χ4n) is 1.25. The molecule has 0 spiro atoms. The molecular formula is C11H15N5O2. The zero-order valence-corrected chi connectivity index (χ0v) is 9.93. The third kappa shape index (κ3) is 4.12. The van der Waals surface area contributed by atoms with Crippen LogP contribution in [0.25, 0.3) is 0 Å². The van der Waals surface area contributed by atoms with Gasteiger partial charge in [0.1, 0.15) is 0 Å². The second kappa shape index (κ2) is 6.24. The highest BCUT2D eigenvalue weighted by Crippen LogP contribution is 2.11. The zero-order chi connectivity index (χ0) is 13.5. The van der Waals surface area contributed by atoms with Crippen LogP contribution in [0.5, 0.6) is 0 Å². The maximum Gasteiger partial charge on any atom is 0.319 e. The topological polar surface area (TPSA) is 123 Å². The highest BCUT2D eigenvalue weighted by molar-refractivity contribution is 6.02. The summed E-state index contributed by atoms with van der Waals surface area (Å²) in [5, 5.41) is 5.15. The van der Waals surface area contributed by atoms with Gasteiger partial charge in [-0.1, -0.05) is 6.07 Å². The van der Waals surface area contributed by atoms with Gasteiger partial charge < -0.3 is 22.1 Å². The van der Waals surface area contributed by atoms with Crippen LogP contribution in [-0.4, -0.2) is 24.4 Å². The lowest BCUT2D eigenvalue weighted by atomic mass is 10.2. The van der Waals surface area contributed by atoms with E-state index in [4.69, 9.17) is 11.5 Å². The number of carbonyl (C=O) groups is 2. The van der Waals surface area contributed by atoms with Crippen molar-refractivity contribution in [3.63, 3.8) is 0 Å². The van der Waals surface area contributed by atoms with Gasteiger partial charge in [0.15, 0.2) is 5.96 Å². The van der Waals surface area contributed by atoms with Gasteiger partial charge in [0.2, 0.25) is 0 Å². The number of urea groups is 1. The summed E-state index contributed by atoms with van der Waals surface area (Å²) in [4.78, 5) is 26.2. The average molecular weight is 249 g/mol. The fourth-order valence-corrected chi connectivity index (χ4v) is 1.25. The molecule has 7 nitrogen and oxygen atoms in total. The van der Waals surface area contributed by atoms with E-state index in [0.717, 1.165) is 0 Å². The molecule has 1 rings (SSSR count). The third-order valence-electron chi connectivity index (χ3n) is 1.94. The van der Waals surface area contributed by atoms with Crippen LogP contribution in [0.15, 0.2) is 29.3 Å². The van der Waals surface area contributed by atoms with Crippen molar-refractivity contribution in [2.24, 2.45) is 16.5 Å². The Hall–Kier alpha value is -2.57. The minimum Gasteiger partial charge on any atom is -0.370 e. The largest absolute Gasteiger partial charge is 0.370 e. The molecule has 3 amide bonds. The number of hydrogen-bond donors (Lipinski definition) is 4. The monoisotopic (exact) mass is 249 g/mol. The molecule has 96 valence electrons. The average Bonchev–Trinajstić information content (AvgIpc) is 2.28. The minimum absolute atomic E-state index is 0.290. The Bertz CT molecular complexity index is 480. The van der Waals surface area contributed by atoms with Gasteiger partial charge in [-0.05, 0) is 25.1 Å². The normalized spacial score (nSPS) is 9.39. The number of rotatable bonds is 3. The van der Waals surface area contributed by atoms with Gasteiger partial charge in [-0.15, -0.1) is 0 Å². The molecule has 1 aromatic rings. The maximum atomic E-state index is 11.5. The van der Waals surface area contributed by atoms with Crippen molar-refractivity contribution in [1.82, 2.24) is 5.32 Å². The lowest BCUT2D eigenvalue weighted by molar-refractivity contribution is 0.100. The Balaban J connectivity index is 2.82. The molecule has 0 aliphatic rings. The van der Waals surface area contributed by atoms with Crippen molar-refractivity contribution < 1.29 is 9.59 Å². The first-order chi connectivity index (χ1) is 8.52. The molecule has 18 heavy (non-hydrogen) atoms. The molecule has 0 heterocycles. The van der Waals surface area contributed by atoms with E-state index in [1.165, 1.54) is 6.07 Å². The van der Waals surface area contributed by atoms with Crippen molar-refractivity contribution in [3.8, 4) is 0 Å². The van der Waals surface area contributed by atoms with Gasteiger partial charge in [-0.25, -0.2) is 4.79 Å². The summed E-state index contributed by atoms with van der Waals surface area (Å²) < 4.78 is 0. The van der Waals surface area contributed by atoms with Crippen LogP contribution in [-0.2, 0) is 0 Å². The number of guanidine groups is 1. The summed E-state index contributed by atoms with van der Waals surface area (Å²) in [7, 11) is 0. The number of amides is 3. The molecule has 7 heteroatoms. The standard InChI is InChI=1S/C11H15N5O2/c1-2-14-11(18)15-8-5-3-4-7(6-8)9(17)16-10(12)13/h3-6H,2H2,1H3,(H2,14,15,18)(H4,12,13,16,17). The third-order valence-corrected chi connectivity index (χ3v) is 1.94. The maximum absolute atomic E-state index is 11.5. The quantitative estimate of drug-likeness (QED) is 0.452. The first-order valence-corrected chi connectivity index (χ1v) is 5.31. The Kier molecular flexibility index (Phi) is 4.67. The SMILES string of the molecule is CCNC(=O)Nc1cccc(C(=O)N=C(N)N)c1. The molecule has 0 saturated heterocycles. The number of benzene rings is 1. The highest BCUT2D eigenvalue weighted by atomic mass is 16.2. The Morgan fingerprint density at radius 2 is 2.06 bits per heavy atom. The van der Waals surface area contributed by atoms with Gasteiger partial charge in [0.05, 0.1) is 0 Å². The van der Waals surface area contributed by atoms with Crippen molar-refractivity contribution in [1.29, 1.82) is 0 Å². The predicted octanol–water partition coefficient (Wildman–Crippen LogP) is 0.242. The van der Waals surface area contributed by atoms with E-state index >= 15 is 0 Å². The second-order valence-corrected chi connectivity index (χ2v) is 3.41. The van der Waals surface area contributed by atoms with Gasteiger partial charge in [0.25, 0.3) is 5.91 Å². The zero-order valence-electron chi connectivity index (χ0n) is 9.93. The van der Waals surface area contributed by atoms with Crippen LogP contribution in [0.3, 0.4) is 0 Å². The summed E-state index contributed by atoms with van der Waals surface area (Å²) in [5.41, 5.74) is 11.0. The summed E-state index contributed by atoms with van der Waals surface area (Å²) in [6.07, 6.45) is 0. The number of carbonyl (C=O) groups excluding carboxylic acids is 2. The van der Waals surface area contributed by atoms with E-state index in [2.05, 4.69) is 15.6 Å². The van der Waals surface area contributed by atoms with Crippen LogP contribution < -0.4 is 22.1 Å². The summed E-state index contributed by atoms with van der Waals surface area (Å²) in [5.74, 6) is -0.864. The second-order valence-electron chi connectivity index (χ2n) is 3.41. The molecule has 0 aliphatic heterocycles. The van der Waals surface area contributed by atoms with E-state index in [1.54, 1.807) is 25.1 Å². The lowest BCUT2D eigenvalue weighted by Gasteiger charge is -2.06. The molecular weight excluding hydrogens is 234 g/mol. The molecule has 0 radical (unpaired) electrons. The van der Waals surface area contributed by atoms with E-state index in [1.807, 2.05) is 0 Å². The lowest BCUT2D eigenvalue weighted by Crippen LogP contribution is -2.28. The van der Waals surface area contributed by atoms with Crippen molar-refractivity contribution in [2.45, 2.75) is 6.92 Å². The molecule has 0 fully saturated rings. The van der Waals surface area contributed by atoms with Crippen LogP contribution >= 0.6 is 0 Å². The Morgan fingerprint density at radius 3 is 2.67 bits per heavy atom. The van der Waals surface area contributed by atoms with Gasteiger partial charge >= 0.3 is 6.03 Å². The molecule has 6 N–H and O–H groups in total. The molecule has 0 atom stereocenters. The van der Waals surface area contributed by atoms with E-state index in [9.17, 15) is 9.59 Å². The van der Waals surface area contributed by atoms with Crippen LogP contribution in [0.2, 0.25) is 0 Å². The fraction of sp³-hybridized carbons (Fsp3) is 0.182. The number of aliphatic imine (C=N–C) groups is 1. The van der Waals surface area contributed by atoms with Crippen LogP contribution in [0, 0.1) is 0 Å². The molecule has 0 aliphatic carbocycles. The van der Waals surface area contributed by atoms with Gasteiger partial charge in [0, 0.05) is 17.8 Å². The number of nitrogens with one attached hydrogen (secondary N) is 2. The number of hydrogen-bond acceptors (Lipinski definition) is 2. The number of nitrogens with zero attached hydrogens (tertiary/aromatic N) is 1. The first kappa shape index (κ1) is 13.5. The Morgan fingerprint density at radius 1 is 1.33 bits per heavy atom. The molecule has 0 unspecified atom stereocenters. The smallest absolute Gasteiger partial charge is 0.319 e. The summed E-state index contributed by atoms with van der Waals surface area (Å²) >= 11 is 0. The van der Waals surface area contributed by atoms with E-state index < -0.39 is 5.91 Å². The van der Waals surface area contributed by atoms with E-state index in [0.29, 0.717) is 12.2 Å². The number of anilines is 1. The summed E-state index contributed by atoms with van der Waals surface area (Å²) in [6, 6.07) is 5.98. The van der Waals surface area contributed by atoms with Crippen LogP contribution in [0.1, 0.15) is 17.3 Å². The minimum atomic E-state index is -0.561. The molecule has 0 saturated carbocycles. The first-order valence-electron chi connectivity index (χ1n) is 5.31. The van der Waals surface area contributed by atoms with Gasteiger partial charge in [-0.2, -0.15) is 4.99 Å². The number of nitrogens with two attached hydrogens (primary N) is 2. The van der Waals surface area contributed by atoms with Crippen molar-refractivity contribution in [3.05, 3.63) is 29.8 Å². The molecule has 0 aromatic heterocycles.